The summed E-state index contributed by atoms with van der Waals surface area (Å²) in [5.74, 6) is 0.628. The molecule has 0 aliphatic rings. The van der Waals surface area contributed by atoms with E-state index in [9.17, 15) is 4.79 Å². The zero-order chi connectivity index (χ0) is 17.9. The Morgan fingerprint density at radius 3 is 3.04 bits per heavy atom. The van der Waals surface area contributed by atoms with E-state index in [1.165, 1.54) is 11.3 Å². The van der Waals surface area contributed by atoms with Crippen molar-refractivity contribution in [3.05, 3.63) is 71.6 Å². The lowest BCUT2D eigenvalue weighted by molar-refractivity contribution is 0.0945. The number of ether oxygens (including phenoxy) is 1. The normalized spacial score (nSPS) is 10.8. The molecule has 0 aliphatic carbocycles. The van der Waals surface area contributed by atoms with Crippen LogP contribution in [0.1, 0.15) is 16.1 Å². The minimum absolute atomic E-state index is 0.144. The Labute approximate surface area is 154 Å². The van der Waals surface area contributed by atoms with Crippen LogP contribution in [-0.2, 0) is 6.54 Å². The molecule has 0 unspecified atom stereocenters. The molecule has 0 spiro atoms. The summed E-state index contributed by atoms with van der Waals surface area (Å²) in [5, 5.41) is 4.74. The highest BCUT2D eigenvalue weighted by Gasteiger charge is 2.15. The van der Waals surface area contributed by atoms with E-state index >= 15 is 0 Å². The van der Waals surface area contributed by atoms with Gasteiger partial charge in [-0.1, -0.05) is 18.2 Å². The quantitative estimate of drug-likeness (QED) is 0.589. The Kier molecular flexibility index (Phi) is 4.37. The molecule has 3 aromatic heterocycles. The molecule has 0 bridgehead atoms. The molecular weight excluding hydrogens is 348 g/mol. The van der Waals surface area contributed by atoms with Crippen LogP contribution in [0.4, 0.5) is 0 Å². The summed E-state index contributed by atoms with van der Waals surface area (Å²) in [4.78, 5) is 22.0. The van der Waals surface area contributed by atoms with Crippen molar-refractivity contribution in [1.82, 2.24) is 19.7 Å². The number of thiazole rings is 1. The molecule has 1 aromatic carbocycles. The number of pyridine rings is 1. The fraction of sp³-hybridized carbons (Fsp3) is 0.105. The Morgan fingerprint density at radius 2 is 2.23 bits per heavy atom. The molecule has 0 fully saturated rings. The van der Waals surface area contributed by atoms with Gasteiger partial charge < -0.3 is 10.1 Å². The zero-order valence-corrected chi connectivity index (χ0v) is 14.9. The number of methoxy groups -OCH3 is 1. The van der Waals surface area contributed by atoms with Gasteiger partial charge in [0.05, 0.1) is 12.8 Å². The van der Waals surface area contributed by atoms with Gasteiger partial charge in [0, 0.05) is 36.1 Å². The summed E-state index contributed by atoms with van der Waals surface area (Å²) in [7, 11) is 1.63. The molecule has 4 rings (SSSR count). The van der Waals surface area contributed by atoms with Gasteiger partial charge in [-0.3, -0.25) is 14.2 Å². The standard InChI is InChI=1S/C19H16N4O2S/c1-25-15-6-2-5-14(8-15)16-11-23-17(12-26-19(23)22-16)18(24)21-10-13-4-3-7-20-9-13/h2-9,11-12H,10H2,1H3,(H,21,24). The topological polar surface area (TPSA) is 68.5 Å². The fourth-order valence-corrected chi connectivity index (χ4v) is 3.50. The summed E-state index contributed by atoms with van der Waals surface area (Å²) < 4.78 is 7.08. The van der Waals surface area contributed by atoms with Crippen LogP contribution >= 0.6 is 11.3 Å². The summed E-state index contributed by atoms with van der Waals surface area (Å²) >= 11 is 1.44. The third kappa shape index (κ3) is 3.16. The summed E-state index contributed by atoms with van der Waals surface area (Å²) in [6.45, 7) is 0.432. The lowest BCUT2D eigenvalue weighted by Gasteiger charge is -2.04. The first kappa shape index (κ1) is 16.3. The third-order valence-electron chi connectivity index (χ3n) is 3.98. The van der Waals surface area contributed by atoms with Crippen molar-refractivity contribution in [3.63, 3.8) is 0 Å². The van der Waals surface area contributed by atoms with E-state index in [1.807, 2.05) is 52.4 Å². The lowest BCUT2D eigenvalue weighted by Crippen LogP contribution is -2.23. The molecule has 3 heterocycles. The number of imidazole rings is 1. The Hall–Kier alpha value is -3.19. The average Bonchev–Trinajstić information content (AvgIpc) is 3.28. The molecule has 1 amide bonds. The van der Waals surface area contributed by atoms with E-state index in [-0.39, 0.29) is 5.91 Å². The van der Waals surface area contributed by atoms with Crippen molar-refractivity contribution in [2.75, 3.05) is 7.11 Å². The number of benzene rings is 1. The van der Waals surface area contributed by atoms with Crippen LogP contribution in [0.2, 0.25) is 0 Å². The lowest BCUT2D eigenvalue weighted by atomic mass is 10.1. The molecule has 1 N–H and O–H groups in total. The van der Waals surface area contributed by atoms with Crippen molar-refractivity contribution >= 4 is 22.2 Å². The van der Waals surface area contributed by atoms with Gasteiger partial charge in [0.15, 0.2) is 4.96 Å². The van der Waals surface area contributed by atoms with E-state index in [4.69, 9.17) is 4.74 Å². The summed E-state index contributed by atoms with van der Waals surface area (Å²) in [5.41, 5.74) is 3.27. The molecule has 130 valence electrons. The second-order valence-electron chi connectivity index (χ2n) is 5.68. The summed E-state index contributed by atoms with van der Waals surface area (Å²) in [6, 6.07) is 11.5. The maximum atomic E-state index is 12.5. The number of carbonyl (C=O) groups is 1. The minimum Gasteiger partial charge on any atom is -0.497 e. The van der Waals surface area contributed by atoms with Crippen LogP contribution in [0.5, 0.6) is 5.75 Å². The number of carbonyl (C=O) groups excluding carboxylic acids is 1. The van der Waals surface area contributed by atoms with E-state index in [1.54, 1.807) is 19.5 Å². The fourth-order valence-electron chi connectivity index (χ4n) is 2.64. The van der Waals surface area contributed by atoms with Gasteiger partial charge >= 0.3 is 0 Å². The Morgan fingerprint density at radius 1 is 1.31 bits per heavy atom. The van der Waals surface area contributed by atoms with Gasteiger partial charge in [0.2, 0.25) is 0 Å². The number of hydrogen-bond donors (Lipinski definition) is 1. The predicted molar refractivity (Wildman–Crippen MR) is 100 cm³/mol. The highest BCUT2D eigenvalue weighted by atomic mass is 32.1. The Bertz CT molecular complexity index is 1060. The third-order valence-corrected chi connectivity index (χ3v) is 4.82. The van der Waals surface area contributed by atoms with E-state index in [2.05, 4.69) is 15.3 Å². The van der Waals surface area contributed by atoms with E-state index in [0.29, 0.717) is 12.2 Å². The first-order chi connectivity index (χ1) is 12.7. The summed E-state index contributed by atoms with van der Waals surface area (Å²) in [6.07, 6.45) is 5.32. The van der Waals surface area contributed by atoms with Gasteiger partial charge in [-0.15, -0.1) is 11.3 Å². The maximum absolute atomic E-state index is 12.5. The molecule has 0 atom stereocenters. The average molecular weight is 364 g/mol. The molecule has 7 heteroatoms. The smallest absolute Gasteiger partial charge is 0.269 e. The predicted octanol–water partition coefficient (Wildman–Crippen LogP) is 3.40. The molecule has 0 radical (unpaired) electrons. The SMILES string of the molecule is COc1cccc(-c2cn3c(C(=O)NCc4cccnc4)csc3n2)c1. The monoisotopic (exact) mass is 364 g/mol. The van der Waals surface area contributed by atoms with Crippen LogP contribution in [0.25, 0.3) is 16.2 Å². The second-order valence-corrected chi connectivity index (χ2v) is 6.51. The van der Waals surface area contributed by atoms with Crippen molar-refractivity contribution < 1.29 is 9.53 Å². The van der Waals surface area contributed by atoms with Crippen LogP contribution < -0.4 is 10.1 Å². The molecule has 6 nitrogen and oxygen atoms in total. The molecule has 0 saturated heterocycles. The number of nitrogens with zero attached hydrogens (tertiary/aromatic N) is 3. The van der Waals surface area contributed by atoms with Gasteiger partial charge in [-0.25, -0.2) is 4.98 Å². The van der Waals surface area contributed by atoms with Crippen LogP contribution in [0.3, 0.4) is 0 Å². The maximum Gasteiger partial charge on any atom is 0.269 e. The number of hydrogen-bond acceptors (Lipinski definition) is 5. The number of rotatable bonds is 5. The molecule has 0 saturated carbocycles. The van der Waals surface area contributed by atoms with Gasteiger partial charge in [0.1, 0.15) is 11.4 Å². The van der Waals surface area contributed by atoms with E-state index in [0.717, 1.165) is 27.5 Å². The van der Waals surface area contributed by atoms with Crippen LogP contribution in [0.15, 0.2) is 60.4 Å². The highest BCUT2D eigenvalue weighted by molar-refractivity contribution is 7.15. The largest absolute Gasteiger partial charge is 0.497 e. The number of amides is 1. The van der Waals surface area contributed by atoms with Crippen LogP contribution in [0, 0.1) is 0 Å². The van der Waals surface area contributed by atoms with Crippen molar-refractivity contribution in [1.29, 1.82) is 0 Å². The highest BCUT2D eigenvalue weighted by Crippen LogP contribution is 2.26. The first-order valence-electron chi connectivity index (χ1n) is 8.03. The molecule has 0 aliphatic heterocycles. The van der Waals surface area contributed by atoms with Crippen molar-refractivity contribution in [3.8, 4) is 17.0 Å². The second kappa shape index (κ2) is 6.97. The molecule has 4 aromatic rings. The van der Waals surface area contributed by atoms with Crippen LogP contribution in [-0.4, -0.2) is 27.4 Å². The van der Waals surface area contributed by atoms with Crippen molar-refractivity contribution in [2.45, 2.75) is 6.54 Å². The molecular formula is C19H16N4O2S. The minimum atomic E-state index is -0.144. The van der Waals surface area contributed by atoms with Crippen molar-refractivity contribution in [2.24, 2.45) is 0 Å². The zero-order valence-electron chi connectivity index (χ0n) is 14.0. The van der Waals surface area contributed by atoms with Gasteiger partial charge in [-0.05, 0) is 23.8 Å². The van der Waals surface area contributed by atoms with Gasteiger partial charge in [0.25, 0.3) is 5.91 Å². The van der Waals surface area contributed by atoms with Gasteiger partial charge in [-0.2, -0.15) is 0 Å². The van der Waals surface area contributed by atoms with E-state index < -0.39 is 0 Å². The number of aromatic nitrogens is 3. The number of nitrogens with one attached hydrogen (secondary N) is 1. The Balaban J connectivity index is 1.58. The first-order valence-corrected chi connectivity index (χ1v) is 8.90. The number of fused-ring (bicyclic) bond motifs is 1. The molecule has 26 heavy (non-hydrogen) atoms.